The molecule has 0 saturated heterocycles. The van der Waals surface area contributed by atoms with Crippen LogP contribution in [0.5, 0.6) is 5.75 Å². The molecule has 0 bridgehead atoms. The van der Waals surface area contributed by atoms with E-state index in [4.69, 9.17) is 4.74 Å². The molecule has 0 atom stereocenters. The van der Waals surface area contributed by atoms with Gasteiger partial charge in [0.05, 0.1) is 12.8 Å². The lowest BCUT2D eigenvalue weighted by Crippen LogP contribution is -2.15. The van der Waals surface area contributed by atoms with Gasteiger partial charge in [-0.25, -0.2) is 9.97 Å². The van der Waals surface area contributed by atoms with E-state index in [0.29, 0.717) is 22.8 Å². The molecule has 1 heterocycles. The number of hydrogen-bond acceptors (Lipinski definition) is 6. The number of nitrogens with zero attached hydrogens (tertiary/aromatic N) is 2. The molecule has 0 saturated carbocycles. The van der Waals surface area contributed by atoms with E-state index in [1.165, 1.54) is 19.2 Å². The molecule has 3 N–H and O–H groups in total. The number of carbonyl (C=O) groups excluding carboxylic acids is 2. The topological polar surface area (TPSA) is 105 Å². The lowest BCUT2D eigenvalue weighted by Gasteiger charge is -2.11. The van der Waals surface area contributed by atoms with Crippen LogP contribution in [0.25, 0.3) is 0 Å². The SMILES string of the molecule is COc1ccccc1Nc1nccc(C(=O)Nc2cccc(NC(C)=O)c2)n1. The highest BCUT2D eigenvalue weighted by atomic mass is 16.5. The van der Waals surface area contributed by atoms with Crippen molar-refractivity contribution in [3.8, 4) is 5.75 Å². The van der Waals surface area contributed by atoms with Crippen LogP contribution in [-0.2, 0) is 4.79 Å². The van der Waals surface area contributed by atoms with Crippen molar-refractivity contribution in [2.45, 2.75) is 6.92 Å². The molecular weight excluding hydrogens is 358 g/mol. The predicted molar refractivity (Wildman–Crippen MR) is 107 cm³/mol. The molecule has 0 aliphatic carbocycles. The van der Waals surface area contributed by atoms with Crippen molar-refractivity contribution < 1.29 is 14.3 Å². The zero-order valence-corrected chi connectivity index (χ0v) is 15.4. The fraction of sp³-hybridized carbons (Fsp3) is 0.100. The fourth-order valence-electron chi connectivity index (χ4n) is 2.49. The number of anilines is 4. The minimum atomic E-state index is -0.398. The van der Waals surface area contributed by atoms with Gasteiger partial charge in [0.15, 0.2) is 0 Å². The smallest absolute Gasteiger partial charge is 0.274 e. The van der Waals surface area contributed by atoms with Crippen molar-refractivity contribution in [1.82, 2.24) is 9.97 Å². The summed E-state index contributed by atoms with van der Waals surface area (Å²) in [6, 6.07) is 15.7. The summed E-state index contributed by atoms with van der Waals surface area (Å²) in [5, 5.41) is 8.46. The van der Waals surface area contributed by atoms with E-state index in [2.05, 4.69) is 25.9 Å². The number of benzene rings is 2. The molecule has 3 rings (SSSR count). The summed E-state index contributed by atoms with van der Waals surface area (Å²) in [6.45, 7) is 1.42. The number of methoxy groups -OCH3 is 1. The number of rotatable bonds is 6. The predicted octanol–water partition coefficient (Wildman–Crippen LogP) is 3.44. The van der Waals surface area contributed by atoms with Crippen LogP contribution in [-0.4, -0.2) is 28.9 Å². The maximum absolute atomic E-state index is 12.5. The van der Waals surface area contributed by atoms with Crippen LogP contribution in [0, 0.1) is 0 Å². The molecule has 8 nitrogen and oxygen atoms in total. The van der Waals surface area contributed by atoms with E-state index in [-0.39, 0.29) is 17.5 Å². The molecule has 28 heavy (non-hydrogen) atoms. The molecule has 3 aromatic rings. The second-order valence-corrected chi connectivity index (χ2v) is 5.81. The Balaban J connectivity index is 1.74. The highest BCUT2D eigenvalue weighted by molar-refractivity contribution is 6.03. The summed E-state index contributed by atoms with van der Waals surface area (Å²) < 4.78 is 5.29. The minimum absolute atomic E-state index is 0.189. The number of nitrogens with one attached hydrogen (secondary N) is 3. The van der Waals surface area contributed by atoms with Gasteiger partial charge in [0, 0.05) is 24.5 Å². The number of hydrogen-bond donors (Lipinski definition) is 3. The first-order valence-corrected chi connectivity index (χ1v) is 8.47. The summed E-state index contributed by atoms with van der Waals surface area (Å²) in [6.07, 6.45) is 1.49. The van der Waals surface area contributed by atoms with Gasteiger partial charge >= 0.3 is 0 Å². The van der Waals surface area contributed by atoms with Gasteiger partial charge in [-0.3, -0.25) is 9.59 Å². The summed E-state index contributed by atoms with van der Waals surface area (Å²) in [5.74, 6) is 0.316. The first-order chi connectivity index (χ1) is 13.5. The Morgan fingerprint density at radius 3 is 2.46 bits per heavy atom. The Morgan fingerprint density at radius 1 is 0.964 bits per heavy atom. The molecule has 8 heteroatoms. The molecular formula is C20H19N5O3. The average Bonchev–Trinajstić information content (AvgIpc) is 2.68. The molecule has 0 aliphatic heterocycles. The van der Waals surface area contributed by atoms with E-state index < -0.39 is 5.91 Å². The first kappa shape index (κ1) is 18.8. The Bertz CT molecular complexity index is 1010. The lowest BCUT2D eigenvalue weighted by molar-refractivity contribution is -0.114. The molecule has 0 radical (unpaired) electrons. The molecule has 2 aromatic carbocycles. The summed E-state index contributed by atoms with van der Waals surface area (Å²) in [4.78, 5) is 32.1. The Morgan fingerprint density at radius 2 is 1.71 bits per heavy atom. The van der Waals surface area contributed by atoms with Crippen LogP contribution in [0.4, 0.5) is 23.0 Å². The van der Waals surface area contributed by atoms with Gasteiger partial charge in [-0.15, -0.1) is 0 Å². The molecule has 142 valence electrons. The van der Waals surface area contributed by atoms with Crippen LogP contribution in [0.15, 0.2) is 60.8 Å². The van der Waals surface area contributed by atoms with Crippen molar-refractivity contribution in [2.24, 2.45) is 0 Å². The van der Waals surface area contributed by atoms with E-state index >= 15 is 0 Å². The Labute approximate surface area is 162 Å². The third kappa shape index (κ3) is 4.82. The molecule has 0 unspecified atom stereocenters. The van der Waals surface area contributed by atoms with Crippen LogP contribution in [0.2, 0.25) is 0 Å². The molecule has 0 fully saturated rings. The summed E-state index contributed by atoms with van der Waals surface area (Å²) in [5.41, 5.74) is 2.00. The number of aromatic nitrogens is 2. The third-order valence-electron chi connectivity index (χ3n) is 3.68. The average molecular weight is 377 g/mol. The normalized spacial score (nSPS) is 10.1. The third-order valence-corrected chi connectivity index (χ3v) is 3.68. The second-order valence-electron chi connectivity index (χ2n) is 5.81. The standard InChI is InChI=1S/C20H19N5O3/c1-13(26)22-14-6-5-7-15(12-14)23-19(27)17-10-11-21-20(25-17)24-16-8-3-4-9-18(16)28-2/h3-12H,1-2H3,(H,22,26)(H,23,27)(H,21,24,25). The molecule has 0 spiro atoms. The van der Waals surface area contributed by atoms with Crippen LogP contribution < -0.4 is 20.7 Å². The zero-order valence-electron chi connectivity index (χ0n) is 15.4. The van der Waals surface area contributed by atoms with Gasteiger partial charge in [0.2, 0.25) is 11.9 Å². The number of carbonyl (C=O) groups is 2. The zero-order chi connectivity index (χ0) is 19.9. The monoisotopic (exact) mass is 377 g/mol. The largest absolute Gasteiger partial charge is 0.495 e. The maximum atomic E-state index is 12.5. The van der Waals surface area contributed by atoms with Gasteiger partial charge in [-0.1, -0.05) is 18.2 Å². The van der Waals surface area contributed by atoms with E-state index in [9.17, 15) is 9.59 Å². The number of para-hydroxylation sites is 2. The fourth-order valence-corrected chi connectivity index (χ4v) is 2.49. The Kier molecular flexibility index (Phi) is 5.81. The Hall–Kier alpha value is -3.94. The first-order valence-electron chi connectivity index (χ1n) is 8.47. The van der Waals surface area contributed by atoms with Crippen molar-refractivity contribution in [2.75, 3.05) is 23.1 Å². The van der Waals surface area contributed by atoms with Gasteiger partial charge < -0.3 is 20.7 Å². The van der Waals surface area contributed by atoms with Crippen molar-refractivity contribution in [3.05, 3.63) is 66.5 Å². The van der Waals surface area contributed by atoms with Gasteiger partial charge in [-0.05, 0) is 36.4 Å². The molecule has 2 amide bonds. The van der Waals surface area contributed by atoms with Gasteiger partial charge in [-0.2, -0.15) is 0 Å². The molecule has 1 aromatic heterocycles. The quantitative estimate of drug-likeness (QED) is 0.608. The van der Waals surface area contributed by atoms with E-state index in [1.807, 2.05) is 18.2 Å². The maximum Gasteiger partial charge on any atom is 0.274 e. The van der Waals surface area contributed by atoms with Crippen LogP contribution in [0.3, 0.4) is 0 Å². The highest BCUT2D eigenvalue weighted by Crippen LogP contribution is 2.25. The molecule has 0 aliphatic rings. The lowest BCUT2D eigenvalue weighted by atomic mass is 10.2. The number of amides is 2. The van der Waals surface area contributed by atoms with Crippen molar-refractivity contribution in [3.63, 3.8) is 0 Å². The van der Waals surface area contributed by atoms with Crippen molar-refractivity contribution in [1.29, 1.82) is 0 Å². The van der Waals surface area contributed by atoms with Gasteiger partial charge in [0.25, 0.3) is 5.91 Å². The van der Waals surface area contributed by atoms with E-state index in [0.717, 1.165) is 0 Å². The second kappa shape index (κ2) is 8.63. The summed E-state index contributed by atoms with van der Waals surface area (Å²) in [7, 11) is 1.57. The van der Waals surface area contributed by atoms with Gasteiger partial charge in [0.1, 0.15) is 11.4 Å². The van der Waals surface area contributed by atoms with Crippen LogP contribution in [0.1, 0.15) is 17.4 Å². The van der Waals surface area contributed by atoms with Crippen molar-refractivity contribution >= 4 is 34.8 Å². The summed E-state index contributed by atoms with van der Waals surface area (Å²) >= 11 is 0. The van der Waals surface area contributed by atoms with Crippen LogP contribution >= 0.6 is 0 Å². The van der Waals surface area contributed by atoms with E-state index in [1.54, 1.807) is 37.4 Å². The minimum Gasteiger partial charge on any atom is -0.495 e. The highest BCUT2D eigenvalue weighted by Gasteiger charge is 2.11. The number of ether oxygens (including phenoxy) is 1.